The minimum absolute atomic E-state index is 0. The minimum atomic E-state index is 0. The van der Waals surface area contributed by atoms with E-state index in [0.29, 0.717) is 5.41 Å². The number of guanidine groups is 1. The molecule has 1 saturated carbocycles. The molecule has 2 rings (SSSR count). The van der Waals surface area contributed by atoms with E-state index in [-0.39, 0.29) is 24.0 Å². The number of halogens is 1. The molecule has 5 heteroatoms. The maximum absolute atomic E-state index is 5.34. The van der Waals surface area contributed by atoms with E-state index in [9.17, 15) is 0 Å². The molecule has 0 radical (unpaired) electrons. The molecule has 130 valence electrons. The lowest BCUT2D eigenvalue weighted by Crippen LogP contribution is -2.41. The first-order valence-corrected chi connectivity index (χ1v) is 8.38. The molecule has 0 heterocycles. The van der Waals surface area contributed by atoms with Crippen LogP contribution in [0, 0.1) is 0 Å². The Hall–Kier alpha value is -0.820. The SMILES string of the molecule is CCOCCCCNC(=NC)NCC1(c2ccccc2)CC1.I. The van der Waals surface area contributed by atoms with Gasteiger partial charge in [0.05, 0.1) is 0 Å². The maximum Gasteiger partial charge on any atom is 0.191 e. The van der Waals surface area contributed by atoms with Crippen LogP contribution in [0.1, 0.15) is 38.2 Å². The number of ether oxygens (including phenoxy) is 1. The van der Waals surface area contributed by atoms with E-state index in [1.165, 1.54) is 18.4 Å². The summed E-state index contributed by atoms with van der Waals surface area (Å²) in [4.78, 5) is 4.31. The van der Waals surface area contributed by atoms with Gasteiger partial charge in [-0.2, -0.15) is 0 Å². The zero-order valence-corrected chi connectivity index (χ0v) is 16.6. The fraction of sp³-hybridized carbons (Fsp3) is 0.611. The second kappa shape index (κ2) is 10.9. The largest absolute Gasteiger partial charge is 0.382 e. The molecular formula is C18H30IN3O. The summed E-state index contributed by atoms with van der Waals surface area (Å²) in [6.07, 6.45) is 4.71. The molecule has 2 N–H and O–H groups in total. The van der Waals surface area contributed by atoms with Gasteiger partial charge in [-0.1, -0.05) is 30.3 Å². The molecule has 0 saturated heterocycles. The number of nitrogens with one attached hydrogen (secondary N) is 2. The third-order valence-electron chi connectivity index (χ3n) is 4.27. The van der Waals surface area contributed by atoms with E-state index in [1.54, 1.807) is 0 Å². The van der Waals surface area contributed by atoms with Gasteiger partial charge in [0.25, 0.3) is 0 Å². The highest BCUT2D eigenvalue weighted by Crippen LogP contribution is 2.47. The Morgan fingerprint density at radius 2 is 1.91 bits per heavy atom. The molecule has 0 aromatic heterocycles. The fourth-order valence-corrected chi connectivity index (χ4v) is 2.66. The molecule has 23 heavy (non-hydrogen) atoms. The molecule has 1 aliphatic carbocycles. The number of hydrogen-bond acceptors (Lipinski definition) is 2. The zero-order chi connectivity index (χ0) is 15.7. The predicted octanol–water partition coefficient (Wildman–Crippen LogP) is 3.32. The van der Waals surface area contributed by atoms with Crippen LogP contribution in [0.25, 0.3) is 0 Å². The number of benzene rings is 1. The van der Waals surface area contributed by atoms with Crippen molar-refractivity contribution in [1.29, 1.82) is 0 Å². The molecule has 0 unspecified atom stereocenters. The number of hydrogen-bond donors (Lipinski definition) is 2. The van der Waals surface area contributed by atoms with Crippen LogP contribution in [-0.2, 0) is 10.2 Å². The van der Waals surface area contributed by atoms with Gasteiger partial charge in [-0.25, -0.2) is 0 Å². The molecule has 0 spiro atoms. The van der Waals surface area contributed by atoms with Crippen molar-refractivity contribution in [3.05, 3.63) is 35.9 Å². The second-order valence-corrected chi connectivity index (χ2v) is 5.90. The highest BCUT2D eigenvalue weighted by molar-refractivity contribution is 14.0. The van der Waals surface area contributed by atoms with E-state index >= 15 is 0 Å². The van der Waals surface area contributed by atoms with Crippen molar-refractivity contribution in [2.24, 2.45) is 4.99 Å². The first-order chi connectivity index (χ1) is 10.8. The molecule has 0 amide bonds. The van der Waals surface area contributed by atoms with Gasteiger partial charge in [-0.15, -0.1) is 24.0 Å². The third-order valence-corrected chi connectivity index (χ3v) is 4.27. The average molecular weight is 431 g/mol. The van der Waals surface area contributed by atoms with Crippen molar-refractivity contribution >= 4 is 29.9 Å². The van der Waals surface area contributed by atoms with E-state index in [1.807, 2.05) is 14.0 Å². The third kappa shape index (κ3) is 6.67. The lowest BCUT2D eigenvalue weighted by atomic mass is 9.96. The van der Waals surface area contributed by atoms with Crippen LogP contribution >= 0.6 is 24.0 Å². The highest BCUT2D eigenvalue weighted by Gasteiger charge is 2.43. The average Bonchev–Trinajstić information content (AvgIpc) is 3.35. The van der Waals surface area contributed by atoms with E-state index in [2.05, 4.69) is 46.0 Å². The van der Waals surface area contributed by atoms with Crippen LogP contribution in [0.2, 0.25) is 0 Å². The first kappa shape index (κ1) is 20.2. The van der Waals surface area contributed by atoms with Gasteiger partial charge in [0.1, 0.15) is 0 Å². The van der Waals surface area contributed by atoms with Crippen molar-refractivity contribution < 1.29 is 4.74 Å². The lowest BCUT2D eigenvalue weighted by Gasteiger charge is -2.19. The van der Waals surface area contributed by atoms with Gasteiger partial charge in [-0.3, -0.25) is 4.99 Å². The van der Waals surface area contributed by atoms with Crippen LogP contribution < -0.4 is 10.6 Å². The molecule has 0 atom stereocenters. The summed E-state index contributed by atoms with van der Waals surface area (Å²) in [6, 6.07) is 10.8. The minimum Gasteiger partial charge on any atom is -0.382 e. The summed E-state index contributed by atoms with van der Waals surface area (Å²) in [7, 11) is 1.83. The summed E-state index contributed by atoms with van der Waals surface area (Å²) >= 11 is 0. The Balaban J connectivity index is 0.00000264. The van der Waals surface area contributed by atoms with Gasteiger partial charge in [0.2, 0.25) is 0 Å². The Labute approximate surface area is 157 Å². The monoisotopic (exact) mass is 431 g/mol. The second-order valence-electron chi connectivity index (χ2n) is 5.90. The standard InChI is InChI=1S/C18H29N3O.HI/c1-3-22-14-8-7-13-20-17(19-2)21-15-18(11-12-18)16-9-5-4-6-10-16;/h4-6,9-10H,3,7-8,11-15H2,1-2H3,(H2,19,20,21);1H. The fourth-order valence-electron chi connectivity index (χ4n) is 2.66. The first-order valence-electron chi connectivity index (χ1n) is 8.38. The van der Waals surface area contributed by atoms with Crippen LogP contribution in [0.5, 0.6) is 0 Å². The van der Waals surface area contributed by atoms with Crippen LogP contribution in [0.4, 0.5) is 0 Å². The zero-order valence-electron chi connectivity index (χ0n) is 14.3. The highest BCUT2D eigenvalue weighted by atomic mass is 127. The smallest absolute Gasteiger partial charge is 0.191 e. The van der Waals surface area contributed by atoms with Crippen molar-refractivity contribution in [2.75, 3.05) is 33.4 Å². The Morgan fingerprint density at radius 3 is 2.52 bits per heavy atom. The number of rotatable bonds is 9. The lowest BCUT2D eigenvalue weighted by molar-refractivity contribution is 0.143. The Bertz CT molecular complexity index is 461. The van der Waals surface area contributed by atoms with Crippen molar-refractivity contribution in [1.82, 2.24) is 10.6 Å². The molecule has 4 nitrogen and oxygen atoms in total. The van der Waals surface area contributed by atoms with E-state index < -0.39 is 0 Å². The summed E-state index contributed by atoms with van der Waals surface area (Å²) < 4.78 is 5.34. The molecular weight excluding hydrogens is 401 g/mol. The summed E-state index contributed by atoms with van der Waals surface area (Å²) in [5.74, 6) is 0.901. The molecule has 1 fully saturated rings. The Morgan fingerprint density at radius 1 is 1.17 bits per heavy atom. The van der Waals surface area contributed by atoms with Gasteiger partial charge in [-0.05, 0) is 38.2 Å². The number of aliphatic imine (C=N–C) groups is 1. The summed E-state index contributed by atoms with van der Waals surface area (Å²) in [5.41, 5.74) is 1.75. The summed E-state index contributed by atoms with van der Waals surface area (Å²) in [6.45, 7) is 5.57. The van der Waals surface area contributed by atoms with Gasteiger partial charge in [0.15, 0.2) is 5.96 Å². The quantitative estimate of drug-likeness (QED) is 0.273. The van der Waals surface area contributed by atoms with E-state index in [4.69, 9.17) is 4.74 Å². The predicted molar refractivity (Wildman–Crippen MR) is 108 cm³/mol. The molecule has 0 bridgehead atoms. The molecule has 1 aliphatic rings. The normalized spacial score (nSPS) is 15.7. The number of unbranched alkanes of at least 4 members (excludes halogenated alkanes) is 1. The van der Waals surface area contributed by atoms with Gasteiger partial charge in [0, 0.05) is 38.8 Å². The van der Waals surface area contributed by atoms with Gasteiger partial charge < -0.3 is 15.4 Å². The van der Waals surface area contributed by atoms with Crippen molar-refractivity contribution in [3.8, 4) is 0 Å². The maximum atomic E-state index is 5.34. The molecule has 0 aliphatic heterocycles. The summed E-state index contributed by atoms with van der Waals surface area (Å²) in [5, 5.41) is 6.86. The van der Waals surface area contributed by atoms with Crippen molar-refractivity contribution in [3.63, 3.8) is 0 Å². The van der Waals surface area contributed by atoms with E-state index in [0.717, 1.165) is 45.1 Å². The van der Waals surface area contributed by atoms with Crippen LogP contribution in [0.3, 0.4) is 0 Å². The topological polar surface area (TPSA) is 45.6 Å². The van der Waals surface area contributed by atoms with Crippen molar-refractivity contribution in [2.45, 2.75) is 38.0 Å². The van der Waals surface area contributed by atoms with Gasteiger partial charge >= 0.3 is 0 Å². The number of nitrogens with zero attached hydrogens (tertiary/aromatic N) is 1. The van der Waals surface area contributed by atoms with Crippen LogP contribution in [0.15, 0.2) is 35.3 Å². The molecule has 1 aromatic rings. The van der Waals surface area contributed by atoms with Crippen LogP contribution in [-0.4, -0.2) is 39.3 Å². The Kier molecular flexibility index (Phi) is 9.55. The molecule has 1 aromatic carbocycles.